The molecular formula is C29H29FN12. The number of imidazole rings is 1. The van der Waals surface area contributed by atoms with Crippen molar-refractivity contribution in [2.45, 2.75) is 6.04 Å². The SMILES string of the molecule is CN(C)CCNc1cc(F)cc(-c2ccnc3nc(-c4[nH]nc5ncc(-c6cncc(N7CC(N)C7)n6)cc45)[nH]c23)c1. The minimum atomic E-state index is -0.327. The van der Waals surface area contributed by atoms with Gasteiger partial charge in [-0.1, -0.05) is 0 Å². The normalized spacial score (nSPS) is 13.8. The van der Waals surface area contributed by atoms with Crippen molar-refractivity contribution in [3.8, 4) is 33.9 Å². The number of benzene rings is 1. The van der Waals surface area contributed by atoms with Crippen LogP contribution in [0.4, 0.5) is 15.9 Å². The number of halogens is 1. The predicted molar refractivity (Wildman–Crippen MR) is 160 cm³/mol. The second kappa shape index (κ2) is 10.4. The van der Waals surface area contributed by atoms with E-state index in [2.05, 4.69) is 45.2 Å². The predicted octanol–water partition coefficient (Wildman–Crippen LogP) is 3.28. The van der Waals surface area contributed by atoms with Crippen LogP contribution in [-0.4, -0.2) is 91.3 Å². The van der Waals surface area contributed by atoms with Crippen LogP contribution in [0.3, 0.4) is 0 Å². The number of anilines is 2. The summed E-state index contributed by atoms with van der Waals surface area (Å²) in [5.74, 6) is 0.999. The molecule has 0 aliphatic carbocycles. The van der Waals surface area contributed by atoms with Gasteiger partial charge in [-0.25, -0.2) is 24.3 Å². The van der Waals surface area contributed by atoms with Crippen molar-refractivity contribution < 1.29 is 4.39 Å². The third-order valence-corrected chi connectivity index (χ3v) is 7.29. The Bertz CT molecular complexity index is 1910. The zero-order chi connectivity index (χ0) is 28.8. The first-order valence-electron chi connectivity index (χ1n) is 13.6. The lowest BCUT2D eigenvalue weighted by Gasteiger charge is -2.37. The number of nitrogens with zero attached hydrogens (tertiary/aromatic N) is 8. The van der Waals surface area contributed by atoms with Gasteiger partial charge in [0.1, 0.15) is 17.3 Å². The van der Waals surface area contributed by atoms with Crippen LogP contribution in [0.1, 0.15) is 0 Å². The van der Waals surface area contributed by atoms with Crippen molar-refractivity contribution in [1.82, 2.24) is 45.0 Å². The zero-order valence-corrected chi connectivity index (χ0v) is 23.1. The average Bonchev–Trinajstić information content (AvgIpc) is 3.59. The number of fused-ring (bicyclic) bond motifs is 2. The topological polar surface area (TPSA) is 153 Å². The number of pyridine rings is 2. The number of nitrogens with two attached hydrogens (primary N) is 1. The van der Waals surface area contributed by atoms with E-state index in [1.54, 1.807) is 24.8 Å². The highest BCUT2D eigenvalue weighted by atomic mass is 19.1. The molecule has 1 saturated heterocycles. The molecule has 6 aromatic rings. The van der Waals surface area contributed by atoms with Gasteiger partial charge in [-0.2, -0.15) is 5.10 Å². The molecule has 1 aromatic carbocycles. The van der Waals surface area contributed by atoms with E-state index in [9.17, 15) is 4.39 Å². The van der Waals surface area contributed by atoms with Crippen LogP contribution < -0.4 is 16.0 Å². The van der Waals surface area contributed by atoms with E-state index in [-0.39, 0.29) is 11.9 Å². The standard InChI is InChI=1S/C29H29FN12/c1-41(2)6-5-33-20-8-16(7-18(30)10-20)21-3-4-34-28-25(21)37-29(38-28)26-22-9-17(11-35-27(22)40-39-26)23-12-32-13-24(36-23)42-14-19(31)15-42/h3-4,7-13,19,33H,5-6,14-15,31H2,1-2H3,(H,34,37,38)(H,35,39,40). The fourth-order valence-electron chi connectivity index (χ4n) is 5.11. The molecule has 5 N–H and O–H groups in total. The summed E-state index contributed by atoms with van der Waals surface area (Å²) >= 11 is 0. The van der Waals surface area contributed by atoms with E-state index in [1.807, 2.05) is 32.3 Å². The minimum Gasteiger partial charge on any atom is -0.384 e. The summed E-state index contributed by atoms with van der Waals surface area (Å²) in [6.07, 6.45) is 6.86. The van der Waals surface area contributed by atoms with Crippen LogP contribution in [0.5, 0.6) is 0 Å². The molecule has 1 aliphatic heterocycles. The van der Waals surface area contributed by atoms with Crippen molar-refractivity contribution in [2.75, 3.05) is 50.5 Å². The molecule has 5 aromatic heterocycles. The van der Waals surface area contributed by atoms with E-state index in [1.165, 1.54) is 12.1 Å². The first-order chi connectivity index (χ1) is 20.4. The molecule has 1 fully saturated rings. The van der Waals surface area contributed by atoms with E-state index in [0.29, 0.717) is 51.8 Å². The summed E-state index contributed by atoms with van der Waals surface area (Å²) in [6, 6.07) is 8.92. The Balaban J connectivity index is 1.24. The van der Waals surface area contributed by atoms with E-state index < -0.39 is 0 Å². The molecule has 0 saturated carbocycles. The Kier molecular flexibility index (Phi) is 6.44. The number of rotatable bonds is 8. The second-order valence-corrected chi connectivity index (χ2v) is 10.7. The molecule has 13 heteroatoms. The van der Waals surface area contributed by atoms with Crippen molar-refractivity contribution in [1.29, 1.82) is 0 Å². The van der Waals surface area contributed by atoms with Gasteiger partial charge in [0.2, 0.25) is 0 Å². The van der Waals surface area contributed by atoms with E-state index in [4.69, 9.17) is 15.7 Å². The Morgan fingerprint density at radius 1 is 1.05 bits per heavy atom. The van der Waals surface area contributed by atoms with Gasteiger partial charge in [0.25, 0.3) is 0 Å². The number of hydrogen-bond donors (Lipinski definition) is 4. The summed E-state index contributed by atoms with van der Waals surface area (Å²) in [4.78, 5) is 30.5. The van der Waals surface area contributed by atoms with Gasteiger partial charge in [0, 0.05) is 61.4 Å². The second-order valence-electron chi connectivity index (χ2n) is 10.7. The molecule has 42 heavy (non-hydrogen) atoms. The maximum absolute atomic E-state index is 14.7. The van der Waals surface area contributed by atoms with Gasteiger partial charge >= 0.3 is 0 Å². The first kappa shape index (κ1) is 25.9. The maximum atomic E-state index is 14.7. The molecule has 7 rings (SSSR count). The largest absolute Gasteiger partial charge is 0.384 e. The third kappa shape index (κ3) is 4.88. The van der Waals surface area contributed by atoms with Gasteiger partial charge in [-0.3, -0.25) is 10.1 Å². The Hall–Kier alpha value is -5.01. The number of H-pyrrole nitrogens is 2. The molecule has 0 bridgehead atoms. The smallest absolute Gasteiger partial charge is 0.181 e. The quantitative estimate of drug-likeness (QED) is 0.217. The Morgan fingerprint density at radius 2 is 1.93 bits per heavy atom. The van der Waals surface area contributed by atoms with Crippen LogP contribution >= 0.6 is 0 Å². The number of likely N-dealkylation sites (N-methyl/N-ethyl adjacent to an activating group) is 1. The monoisotopic (exact) mass is 564 g/mol. The fourth-order valence-corrected chi connectivity index (χ4v) is 5.11. The average molecular weight is 565 g/mol. The van der Waals surface area contributed by atoms with Crippen LogP contribution in [0.15, 0.2) is 55.1 Å². The van der Waals surface area contributed by atoms with Crippen LogP contribution in [0, 0.1) is 5.82 Å². The number of hydrogen-bond acceptors (Lipinski definition) is 10. The Labute approximate surface area is 240 Å². The van der Waals surface area contributed by atoms with Gasteiger partial charge in [0.15, 0.2) is 17.1 Å². The molecule has 0 atom stereocenters. The summed E-state index contributed by atoms with van der Waals surface area (Å²) in [5, 5.41) is 11.5. The highest BCUT2D eigenvalue weighted by Crippen LogP contribution is 2.33. The minimum absolute atomic E-state index is 0.161. The third-order valence-electron chi connectivity index (χ3n) is 7.29. The van der Waals surface area contributed by atoms with Gasteiger partial charge in [0.05, 0.1) is 29.0 Å². The zero-order valence-electron chi connectivity index (χ0n) is 23.1. The van der Waals surface area contributed by atoms with Gasteiger partial charge in [-0.05, 0) is 50.0 Å². The van der Waals surface area contributed by atoms with Gasteiger partial charge < -0.3 is 25.8 Å². The van der Waals surface area contributed by atoms with Crippen molar-refractivity contribution >= 4 is 33.7 Å². The lowest BCUT2D eigenvalue weighted by atomic mass is 10.0. The maximum Gasteiger partial charge on any atom is 0.181 e. The molecule has 0 unspecified atom stereocenters. The van der Waals surface area contributed by atoms with E-state index in [0.717, 1.165) is 42.0 Å². The summed E-state index contributed by atoms with van der Waals surface area (Å²) in [7, 11) is 4.00. The van der Waals surface area contributed by atoms with Crippen LogP contribution in [0.2, 0.25) is 0 Å². The van der Waals surface area contributed by atoms with Crippen molar-refractivity contribution in [3.05, 3.63) is 60.9 Å². The molecule has 6 heterocycles. The highest BCUT2D eigenvalue weighted by Gasteiger charge is 2.25. The molecular weight excluding hydrogens is 535 g/mol. The summed E-state index contributed by atoms with van der Waals surface area (Å²) < 4.78 is 14.7. The van der Waals surface area contributed by atoms with Crippen LogP contribution in [-0.2, 0) is 0 Å². The molecule has 0 amide bonds. The fraction of sp³-hybridized carbons (Fsp3) is 0.241. The number of nitrogens with one attached hydrogen (secondary N) is 3. The summed E-state index contributed by atoms with van der Waals surface area (Å²) in [6.45, 7) is 3.04. The highest BCUT2D eigenvalue weighted by molar-refractivity contribution is 5.96. The molecule has 0 spiro atoms. The lowest BCUT2D eigenvalue weighted by molar-refractivity contribution is 0.425. The number of aromatic nitrogens is 8. The summed E-state index contributed by atoms with van der Waals surface area (Å²) in [5.41, 5.74) is 12.0. The van der Waals surface area contributed by atoms with Crippen molar-refractivity contribution in [2.24, 2.45) is 5.73 Å². The van der Waals surface area contributed by atoms with Crippen LogP contribution in [0.25, 0.3) is 56.1 Å². The lowest BCUT2D eigenvalue weighted by Crippen LogP contribution is -2.56. The first-order valence-corrected chi connectivity index (χ1v) is 13.6. The molecule has 12 nitrogen and oxygen atoms in total. The number of aromatic amines is 2. The molecule has 212 valence electrons. The van der Waals surface area contributed by atoms with Gasteiger partial charge in [-0.15, -0.1) is 0 Å². The molecule has 1 aliphatic rings. The van der Waals surface area contributed by atoms with E-state index >= 15 is 0 Å². The van der Waals surface area contributed by atoms with Crippen molar-refractivity contribution in [3.63, 3.8) is 0 Å². The molecule has 0 radical (unpaired) electrons. The Morgan fingerprint density at radius 3 is 2.76 bits per heavy atom.